The van der Waals surface area contributed by atoms with E-state index in [1.54, 1.807) is 24.3 Å². The fraction of sp³-hybridized carbons (Fsp3) is 0.318. The quantitative estimate of drug-likeness (QED) is 0.534. The van der Waals surface area contributed by atoms with Gasteiger partial charge in [0.25, 0.3) is 0 Å². The second-order valence-electron chi connectivity index (χ2n) is 6.91. The number of aromatic amines is 1. The Morgan fingerprint density at radius 2 is 1.76 bits per heavy atom. The van der Waals surface area contributed by atoms with E-state index in [0.717, 1.165) is 23.9 Å². The van der Waals surface area contributed by atoms with Gasteiger partial charge in [-0.2, -0.15) is 13.2 Å². The molecule has 1 amide bonds. The number of rotatable bonds is 9. The Morgan fingerprint density at radius 1 is 1.03 bits per heavy atom. The first-order chi connectivity index (χ1) is 13.9. The Balaban J connectivity index is 1.37. The van der Waals surface area contributed by atoms with Crippen LogP contribution in [0.15, 0.2) is 54.7 Å². The number of hydrogen-bond acceptors (Lipinski definition) is 2. The van der Waals surface area contributed by atoms with Crippen molar-refractivity contribution in [2.45, 2.75) is 38.6 Å². The molecule has 29 heavy (non-hydrogen) atoms. The molecule has 0 spiro atoms. The smallest absolute Gasteiger partial charge is 0.367 e. The van der Waals surface area contributed by atoms with E-state index in [1.807, 2.05) is 24.4 Å². The van der Waals surface area contributed by atoms with E-state index in [-0.39, 0.29) is 12.5 Å². The van der Waals surface area contributed by atoms with Gasteiger partial charge in [-0.3, -0.25) is 4.79 Å². The highest BCUT2D eigenvalue weighted by atomic mass is 19.4. The van der Waals surface area contributed by atoms with E-state index in [1.165, 1.54) is 10.9 Å². The molecule has 0 bridgehead atoms. The van der Waals surface area contributed by atoms with Gasteiger partial charge in [-0.15, -0.1) is 0 Å². The summed E-state index contributed by atoms with van der Waals surface area (Å²) in [6, 6.07) is 15.0. The average Bonchev–Trinajstić information content (AvgIpc) is 3.10. The lowest BCUT2D eigenvalue weighted by atomic mass is 10.1. The summed E-state index contributed by atoms with van der Waals surface area (Å²) >= 11 is 0. The predicted octanol–water partition coefficient (Wildman–Crippen LogP) is 4.89. The third-order valence-corrected chi connectivity index (χ3v) is 4.57. The number of ether oxygens (including phenoxy) is 1. The zero-order chi connectivity index (χ0) is 20.7. The van der Waals surface area contributed by atoms with Gasteiger partial charge in [-0.05, 0) is 35.6 Å². The number of carbonyl (C=O) groups is 1. The second-order valence-corrected chi connectivity index (χ2v) is 6.91. The number of hydrogen-bond donors (Lipinski definition) is 2. The van der Waals surface area contributed by atoms with Crippen LogP contribution in [0.25, 0.3) is 10.9 Å². The van der Waals surface area contributed by atoms with Gasteiger partial charge in [0.1, 0.15) is 6.61 Å². The minimum atomic E-state index is -4.32. The third kappa shape index (κ3) is 6.64. The molecule has 154 valence electrons. The lowest BCUT2D eigenvalue weighted by molar-refractivity contribution is -0.176. The first-order valence-electron chi connectivity index (χ1n) is 9.45. The summed E-state index contributed by atoms with van der Waals surface area (Å²) in [6.45, 7) is -0.973. The molecule has 0 aliphatic rings. The van der Waals surface area contributed by atoms with Crippen LogP contribution in [0.4, 0.5) is 13.2 Å². The van der Waals surface area contributed by atoms with E-state index >= 15 is 0 Å². The summed E-state index contributed by atoms with van der Waals surface area (Å²) in [5.74, 6) is -0.0255. The van der Waals surface area contributed by atoms with Crippen LogP contribution in [0, 0.1) is 0 Å². The third-order valence-electron chi connectivity index (χ3n) is 4.57. The number of para-hydroxylation sites is 1. The monoisotopic (exact) mass is 404 g/mol. The van der Waals surface area contributed by atoms with Crippen LogP contribution in [0.5, 0.6) is 0 Å². The van der Waals surface area contributed by atoms with Crippen LogP contribution in [-0.2, 0) is 29.1 Å². The standard InChI is InChI=1S/C22H23F3N2O2/c23-22(24,25)15-29-14-17-10-8-16(9-11-17)12-27-21(28)7-3-4-18-13-26-20-6-2-1-5-19(18)20/h1-2,5-6,8-11,13,26H,3-4,7,12,14-15H2,(H,27,28). The number of H-pyrrole nitrogens is 1. The van der Waals surface area contributed by atoms with Gasteiger partial charge < -0.3 is 15.0 Å². The number of nitrogens with one attached hydrogen (secondary N) is 2. The number of aromatic nitrogens is 1. The van der Waals surface area contributed by atoms with Gasteiger partial charge in [-0.1, -0.05) is 42.5 Å². The molecule has 4 nitrogen and oxygen atoms in total. The fourth-order valence-electron chi connectivity index (χ4n) is 3.10. The largest absolute Gasteiger partial charge is 0.411 e. The molecule has 0 radical (unpaired) electrons. The zero-order valence-electron chi connectivity index (χ0n) is 15.9. The van der Waals surface area contributed by atoms with Crippen molar-refractivity contribution in [3.8, 4) is 0 Å². The lowest BCUT2D eigenvalue weighted by Crippen LogP contribution is -2.22. The van der Waals surface area contributed by atoms with Crippen LogP contribution >= 0.6 is 0 Å². The van der Waals surface area contributed by atoms with Gasteiger partial charge >= 0.3 is 6.18 Å². The van der Waals surface area contributed by atoms with Crippen LogP contribution < -0.4 is 5.32 Å². The molecule has 2 N–H and O–H groups in total. The molecule has 1 aromatic heterocycles. The first kappa shape index (κ1) is 20.9. The molecule has 0 saturated heterocycles. The number of benzene rings is 2. The highest BCUT2D eigenvalue weighted by Gasteiger charge is 2.27. The second kappa shape index (κ2) is 9.60. The van der Waals surface area contributed by atoms with Crippen molar-refractivity contribution in [3.05, 3.63) is 71.4 Å². The topological polar surface area (TPSA) is 54.1 Å². The van der Waals surface area contributed by atoms with Crippen LogP contribution in [-0.4, -0.2) is 23.7 Å². The number of halogens is 3. The maximum atomic E-state index is 12.1. The van der Waals surface area contributed by atoms with Gasteiger partial charge in [0.15, 0.2) is 0 Å². The molecule has 3 rings (SSSR count). The number of carbonyl (C=O) groups excluding carboxylic acids is 1. The predicted molar refractivity (Wildman–Crippen MR) is 105 cm³/mol. The molecule has 3 aromatic rings. The Morgan fingerprint density at radius 3 is 2.52 bits per heavy atom. The molecular weight excluding hydrogens is 381 g/mol. The van der Waals surface area contributed by atoms with Gasteiger partial charge in [0, 0.05) is 30.1 Å². The normalized spacial score (nSPS) is 11.7. The Hall–Kier alpha value is -2.80. The van der Waals surface area contributed by atoms with E-state index in [2.05, 4.69) is 21.1 Å². The molecule has 0 aliphatic heterocycles. The number of amides is 1. The average molecular weight is 404 g/mol. The zero-order valence-corrected chi connectivity index (χ0v) is 15.9. The van der Waals surface area contributed by atoms with E-state index in [0.29, 0.717) is 18.5 Å². The molecular formula is C22H23F3N2O2. The molecule has 7 heteroatoms. The first-order valence-corrected chi connectivity index (χ1v) is 9.45. The summed E-state index contributed by atoms with van der Waals surface area (Å²) in [6.07, 6.45) is -0.322. The Bertz CT molecular complexity index is 933. The summed E-state index contributed by atoms with van der Waals surface area (Å²) in [4.78, 5) is 15.3. The van der Waals surface area contributed by atoms with E-state index in [4.69, 9.17) is 0 Å². The summed E-state index contributed by atoms with van der Waals surface area (Å²) in [5, 5.41) is 4.06. The van der Waals surface area contributed by atoms with Crippen molar-refractivity contribution in [1.82, 2.24) is 10.3 Å². The van der Waals surface area contributed by atoms with Gasteiger partial charge in [0.05, 0.1) is 6.61 Å². The summed E-state index contributed by atoms with van der Waals surface area (Å²) in [7, 11) is 0. The van der Waals surface area contributed by atoms with E-state index in [9.17, 15) is 18.0 Å². The van der Waals surface area contributed by atoms with Crippen molar-refractivity contribution in [3.63, 3.8) is 0 Å². The van der Waals surface area contributed by atoms with Gasteiger partial charge in [-0.25, -0.2) is 0 Å². The van der Waals surface area contributed by atoms with E-state index < -0.39 is 12.8 Å². The minimum Gasteiger partial charge on any atom is -0.367 e. The molecule has 0 fully saturated rings. The van der Waals surface area contributed by atoms with Crippen LogP contribution in [0.3, 0.4) is 0 Å². The molecule has 0 unspecified atom stereocenters. The number of aryl methyl sites for hydroxylation is 1. The van der Waals surface area contributed by atoms with Crippen LogP contribution in [0.2, 0.25) is 0 Å². The van der Waals surface area contributed by atoms with Crippen molar-refractivity contribution in [1.29, 1.82) is 0 Å². The van der Waals surface area contributed by atoms with Crippen molar-refractivity contribution < 1.29 is 22.7 Å². The van der Waals surface area contributed by atoms with Crippen molar-refractivity contribution in [2.75, 3.05) is 6.61 Å². The Kier molecular flexibility index (Phi) is 6.93. The highest BCUT2D eigenvalue weighted by molar-refractivity contribution is 5.83. The maximum Gasteiger partial charge on any atom is 0.411 e. The molecule has 0 aliphatic carbocycles. The van der Waals surface area contributed by atoms with Crippen LogP contribution in [0.1, 0.15) is 29.5 Å². The van der Waals surface area contributed by atoms with Crippen molar-refractivity contribution in [2.24, 2.45) is 0 Å². The maximum absolute atomic E-state index is 12.1. The molecule has 2 aromatic carbocycles. The summed E-state index contributed by atoms with van der Waals surface area (Å²) < 4.78 is 40.8. The summed E-state index contributed by atoms with van der Waals surface area (Å²) in [5.41, 5.74) is 3.84. The number of alkyl halides is 3. The number of fused-ring (bicyclic) bond motifs is 1. The molecule has 0 saturated carbocycles. The van der Waals surface area contributed by atoms with Gasteiger partial charge in [0.2, 0.25) is 5.91 Å². The fourth-order valence-corrected chi connectivity index (χ4v) is 3.10. The lowest BCUT2D eigenvalue weighted by Gasteiger charge is -2.09. The molecule has 0 atom stereocenters. The Labute approximate surface area is 167 Å². The minimum absolute atomic E-state index is 0.0255. The SMILES string of the molecule is O=C(CCCc1c[nH]c2ccccc12)NCc1ccc(COCC(F)(F)F)cc1. The highest BCUT2D eigenvalue weighted by Crippen LogP contribution is 2.19. The molecule has 1 heterocycles. The van der Waals surface area contributed by atoms with Crippen molar-refractivity contribution >= 4 is 16.8 Å².